The van der Waals surface area contributed by atoms with E-state index in [-0.39, 0.29) is 6.07 Å². The second-order valence-electron chi connectivity index (χ2n) is 7.68. The first-order chi connectivity index (χ1) is 14.6. The van der Waals surface area contributed by atoms with Gasteiger partial charge < -0.3 is 15.3 Å². The van der Waals surface area contributed by atoms with Crippen LogP contribution in [-0.2, 0) is 21.9 Å². The van der Waals surface area contributed by atoms with Gasteiger partial charge in [0.25, 0.3) is 5.91 Å². The van der Waals surface area contributed by atoms with Crippen molar-refractivity contribution in [3.8, 4) is 0 Å². The fourth-order valence-corrected chi connectivity index (χ4v) is 3.61. The molecule has 11 heteroatoms. The largest absolute Gasteiger partial charge is 0.416 e. The van der Waals surface area contributed by atoms with E-state index in [2.05, 4.69) is 0 Å². The number of carbonyl (C=O) groups is 2. The summed E-state index contributed by atoms with van der Waals surface area (Å²) in [6.45, 7) is 2.93. The molecule has 2 aromatic carbocycles. The number of aliphatic hydroxyl groups is 1. The van der Waals surface area contributed by atoms with Gasteiger partial charge in [0.05, 0.1) is 24.1 Å². The van der Waals surface area contributed by atoms with Gasteiger partial charge >= 0.3 is 12.4 Å². The minimum atomic E-state index is -5.10. The third kappa shape index (κ3) is 4.57. The van der Waals surface area contributed by atoms with E-state index >= 15 is 0 Å². The van der Waals surface area contributed by atoms with Gasteiger partial charge in [-0.15, -0.1) is 0 Å². The number of hydrogen-bond acceptors (Lipinski definition) is 3. The lowest BCUT2D eigenvalue weighted by Crippen LogP contribution is -2.45. The Bertz CT molecular complexity index is 1030. The summed E-state index contributed by atoms with van der Waals surface area (Å²) in [5.74, 6) is -1.90. The maximum atomic E-state index is 13.0. The monoisotopic (exact) mass is 460 g/mol. The summed E-state index contributed by atoms with van der Waals surface area (Å²) in [5, 5.41) is 12.6. The maximum Gasteiger partial charge on any atom is 0.416 e. The molecule has 1 aliphatic rings. The summed E-state index contributed by atoms with van der Waals surface area (Å²) in [6, 6.07) is 5.77. The zero-order valence-electron chi connectivity index (χ0n) is 16.9. The fraction of sp³-hybridized carbons (Fsp3) is 0.333. The van der Waals surface area contributed by atoms with Crippen molar-refractivity contribution in [2.75, 3.05) is 16.8 Å². The molecule has 1 unspecified atom stereocenters. The van der Waals surface area contributed by atoms with Crippen molar-refractivity contribution >= 4 is 23.2 Å². The normalized spacial score (nSPS) is 19.4. The minimum absolute atomic E-state index is 0.0772. The summed E-state index contributed by atoms with van der Waals surface area (Å²) in [5.41, 5.74) is -4.53. The zero-order chi connectivity index (χ0) is 24.1. The summed E-state index contributed by atoms with van der Waals surface area (Å²) in [4.78, 5) is 26.3. The molecule has 32 heavy (non-hydrogen) atoms. The number of alkyl halides is 6. The Kier molecular flexibility index (Phi) is 5.75. The van der Waals surface area contributed by atoms with Gasteiger partial charge in [-0.1, -0.05) is 18.2 Å². The molecule has 2 N–H and O–H groups in total. The Morgan fingerprint density at radius 1 is 1.00 bits per heavy atom. The highest BCUT2D eigenvalue weighted by atomic mass is 19.4. The average Bonchev–Trinajstić information content (AvgIpc) is 2.95. The van der Waals surface area contributed by atoms with Crippen LogP contribution < -0.4 is 10.2 Å². The van der Waals surface area contributed by atoms with Crippen LogP contribution in [0.4, 0.5) is 37.7 Å². The van der Waals surface area contributed by atoms with Crippen molar-refractivity contribution in [1.82, 2.24) is 0 Å². The predicted molar refractivity (Wildman–Crippen MR) is 103 cm³/mol. The lowest BCUT2D eigenvalue weighted by molar-refractivity contribution is -0.143. The van der Waals surface area contributed by atoms with Gasteiger partial charge in [-0.2, -0.15) is 26.3 Å². The molecule has 0 bridgehead atoms. The summed E-state index contributed by atoms with van der Waals surface area (Å²) >= 11 is 0. The fourth-order valence-electron chi connectivity index (χ4n) is 3.61. The number of nitrogens with zero attached hydrogens (tertiary/aromatic N) is 1. The van der Waals surface area contributed by atoms with E-state index in [0.717, 1.165) is 0 Å². The molecule has 0 spiro atoms. The lowest BCUT2D eigenvalue weighted by Gasteiger charge is -2.24. The van der Waals surface area contributed by atoms with Crippen LogP contribution in [0.2, 0.25) is 0 Å². The molecule has 0 aromatic heterocycles. The number of anilines is 2. The topological polar surface area (TPSA) is 69.6 Å². The van der Waals surface area contributed by atoms with Crippen molar-refractivity contribution in [1.29, 1.82) is 0 Å². The Labute approximate surface area is 178 Å². The number of rotatable bonds is 3. The van der Waals surface area contributed by atoms with Crippen LogP contribution in [0, 0.1) is 13.8 Å². The Morgan fingerprint density at radius 2 is 1.50 bits per heavy atom. The number of aryl methyl sites for hydroxylation is 2. The first-order valence-electron chi connectivity index (χ1n) is 9.32. The number of hydrogen-bond donors (Lipinski definition) is 2. The number of carbonyl (C=O) groups excluding carboxylic acids is 2. The Morgan fingerprint density at radius 3 is 1.97 bits per heavy atom. The minimum Gasteiger partial charge on any atom is -0.378 e. The molecule has 1 aliphatic heterocycles. The molecule has 0 aliphatic carbocycles. The SMILES string of the molecule is Cc1cccc(C)c1N1CC(O)(C(=O)Nc2cc(C(F)(F)F)cc(C(F)(F)F)c2)CC1=O. The van der Waals surface area contributed by atoms with E-state index in [1.165, 1.54) is 4.90 Å². The van der Waals surface area contributed by atoms with Gasteiger partial charge in [0, 0.05) is 11.4 Å². The Balaban J connectivity index is 1.91. The van der Waals surface area contributed by atoms with Crippen molar-refractivity contribution in [3.63, 3.8) is 0 Å². The van der Waals surface area contributed by atoms with Gasteiger partial charge in [-0.05, 0) is 43.2 Å². The zero-order valence-corrected chi connectivity index (χ0v) is 16.9. The van der Waals surface area contributed by atoms with Crippen LogP contribution in [-0.4, -0.2) is 29.1 Å². The van der Waals surface area contributed by atoms with E-state index in [1.54, 1.807) is 32.0 Å². The molecular weight excluding hydrogens is 442 g/mol. The molecule has 1 heterocycles. The van der Waals surface area contributed by atoms with Crippen molar-refractivity contribution in [3.05, 3.63) is 58.7 Å². The van der Waals surface area contributed by atoms with E-state index in [1.807, 2.05) is 5.32 Å². The quantitative estimate of drug-likeness (QED) is 0.666. The molecule has 2 aromatic rings. The molecule has 0 radical (unpaired) electrons. The first kappa shape index (κ1) is 23.6. The molecular formula is C21H18F6N2O3. The number of para-hydroxylation sites is 1. The number of nitrogens with one attached hydrogen (secondary N) is 1. The molecule has 2 amide bonds. The molecule has 5 nitrogen and oxygen atoms in total. The number of halogens is 6. The van der Waals surface area contributed by atoms with E-state index in [0.29, 0.717) is 28.9 Å². The van der Waals surface area contributed by atoms with Gasteiger partial charge in [0.2, 0.25) is 5.91 Å². The van der Waals surface area contributed by atoms with Crippen molar-refractivity contribution < 1.29 is 41.0 Å². The van der Waals surface area contributed by atoms with Gasteiger partial charge in [0.1, 0.15) is 0 Å². The van der Waals surface area contributed by atoms with Crippen molar-refractivity contribution in [2.24, 2.45) is 0 Å². The smallest absolute Gasteiger partial charge is 0.378 e. The lowest BCUT2D eigenvalue weighted by atomic mass is 10.0. The van der Waals surface area contributed by atoms with Crippen LogP contribution in [0.15, 0.2) is 36.4 Å². The number of amides is 2. The Hall–Kier alpha value is -3.08. The van der Waals surface area contributed by atoms with Crippen LogP contribution in [0.5, 0.6) is 0 Å². The summed E-state index contributed by atoms with van der Waals surface area (Å²) < 4.78 is 78.2. The summed E-state index contributed by atoms with van der Waals surface area (Å²) in [6.07, 6.45) is -10.9. The number of benzene rings is 2. The van der Waals surface area contributed by atoms with Crippen LogP contribution >= 0.6 is 0 Å². The van der Waals surface area contributed by atoms with Gasteiger partial charge in [-0.25, -0.2) is 0 Å². The van der Waals surface area contributed by atoms with E-state index < -0.39 is 59.5 Å². The first-order valence-corrected chi connectivity index (χ1v) is 9.32. The molecule has 1 fully saturated rings. The van der Waals surface area contributed by atoms with Crippen LogP contribution in [0.3, 0.4) is 0 Å². The van der Waals surface area contributed by atoms with Gasteiger partial charge in [0.15, 0.2) is 5.60 Å². The van der Waals surface area contributed by atoms with Crippen molar-refractivity contribution in [2.45, 2.75) is 38.2 Å². The predicted octanol–water partition coefficient (Wildman–Crippen LogP) is 4.45. The third-order valence-electron chi connectivity index (χ3n) is 5.14. The van der Waals surface area contributed by atoms with Gasteiger partial charge in [-0.3, -0.25) is 9.59 Å². The number of β-amino-alcohol motifs (C(OH)–C–C–N with tert-alkyl or cyclic N) is 1. The highest BCUT2D eigenvalue weighted by Crippen LogP contribution is 2.38. The third-order valence-corrected chi connectivity index (χ3v) is 5.14. The molecule has 172 valence electrons. The second kappa shape index (κ2) is 7.80. The molecule has 1 saturated heterocycles. The van der Waals surface area contributed by atoms with E-state index in [9.17, 15) is 41.0 Å². The summed E-state index contributed by atoms with van der Waals surface area (Å²) in [7, 11) is 0. The maximum absolute atomic E-state index is 13.0. The van der Waals surface area contributed by atoms with Crippen LogP contribution in [0.25, 0.3) is 0 Å². The highest BCUT2D eigenvalue weighted by molar-refractivity contribution is 6.08. The molecule has 1 atom stereocenters. The molecule has 0 saturated carbocycles. The standard InChI is InChI=1S/C21H18F6N2O3/c1-11-4-3-5-12(2)17(11)29-10-19(32,9-16(29)30)18(31)28-15-7-13(20(22,23)24)6-14(8-15)21(25,26)27/h3-8,32H,9-10H2,1-2H3,(H,28,31). The molecule has 3 rings (SSSR count). The van der Waals surface area contributed by atoms with Crippen LogP contribution in [0.1, 0.15) is 28.7 Å². The van der Waals surface area contributed by atoms with E-state index in [4.69, 9.17) is 0 Å². The highest BCUT2D eigenvalue weighted by Gasteiger charge is 2.49. The average molecular weight is 460 g/mol. The second-order valence-corrected chi connectivity index (χ2v) is 7.68.